The molecule has 0 aliphatic carbocycles. The lowest BCUT2D eigenvalue weighted by molar-refractivity contribution is 0.0597. The highest BCUT2D eigenvalue weighted by molar-refractivity contribution is 5.92. The number of esters is 1. The fourth-order valence-corrected chi connectivity index (χ4v) is 2.81. The third-order valence-corrected chi connectivity index (χ3v) is 4.30. The molecule has 2 aromatic carbocycles. The van der Waals surface area contributed by atoms with Gasteiger partial charge in [0.2, 0.25) is 0 Å². The first-order valence-corrected chi connectivity index (χ1v) is 8.90. The highest BCUT2D eigenvalue weighted by Gasteiger charge is 2.19. The molecule has 0 heterocycles. The number of hydrogen-bond donors (Lipinski definition) is 2. The van der Waals surface area contributed by atoms with Crippen LogP contribution in [-0.4, -0.2) is 26.2 Å². The summed E-state index contributed by atoms with van der Waals surface area (Å²) in [5, 5.41) is 5.67. The second-order valence-corrected chi connectivity index (χ2v) is 6.63. The van der Waals surface area contributed by atoms with Gasteiger partial charge in [-0.3, -0.25) is 0 Å². The molecule has 0 aliphatic rings. The molecule has 2 aromatic rings. The van der Waals surface area contributed by atoms with Gasteiger partial charge in [0.05, 0.1) is 20.3 Å². The molecule has 28 heavy (non-hydrogen) atoms. The molecule has 7 heteroatoms. The SMILES string of the molecule is COC(=O)c1cc(CNC(=O)N[C@H](c2ccc(F)cc2)C(C)C)ccc1OC. The van der Waals surface area contributed by atoms with Crippen LogP contribution in [0.4, 0.5) is 9.18 Å². The Morgan fingerprint density at radius 2 is 1.75 bits per heavy atom. The molecular formula is C21H25FN2O4. The number of rotatable bonds is 7. The van der Waals surface area contributed by atoms with Crippen molar-refractivity contribution >= 4 is 12.0 Å². The van der Waals surface area contributed by atoms with Gasteiger partial charge in [0.15, 0.2) is 0 Å². The summed E-state index contributed by atoms with van der Waals surface area (Å²) in [5.74, 6) is -0.324. The topological polar surface area (TPSA) is 76.7 Å². The average molecular weight is 388 g/mol. The van der Waals surface area contributed by atoms with Crippen molar-refractivity contribution in [3.8, 4) is 5.75 Å². The van der Waals surface area contributed by atoms with Gasteiger partial charge in [-0.25, -0.2) is 14.0 Å². The molecule has 0 bridgehead atoms. The zero-order valence-corrected chi connectivity index (χ0v) is 16.4. The van der Waals surface area contributed by atoms with Crippen molar-refractivity contribution in [3.63, 3.8) is 0 Å². The van der Waals surface area contributed by atoms with Crippen molar-refractivity contribution in [1.29, 1.82) is 0 Å². The lowest BCUT2D eigenvalue weighted by Gasteiger charge is -2.23. The maximum absolute atomic E-state index is 13.1. The predicted octanol–water partition coefficient (Wildman–Crippen LogP) is 3.82. The molecular weight excluding hydrogens is 363 g/mol. The fraction of sp³-hybridized carbons (Fsp3) is 0.333. The van der Waals surface area contributed by atoms with E-state index in [0.29, 0.717) is 5.75 Å². The van der Waals surface area contributed by atoms with Crippen LogP contribution in [0.25, 0.3) is 0 Å². The first kappa shape index (κ1) is 21.2. The molecule has 0 spiro atoms. The van der Waals surface area contributed by atoms with E-state index in [9.17, 15) is 14.0 Å². The Balaban J connectivity index is 2.04. The minimum absolute atomic E-state index is 0.114. The van der Waals surface area contributed by atoms with Gasteiger partial charge in [0, 0.05) is 6.54 Å². The van der Waals surface area contributed by atoms with Crippen LogP contribution in [-0.2, 0) is 11.3 Å². The molecule has 2 N–H and O–H groups in total. The van der Waals surface area contributed by atoms with Gasteiger partial charge in [-0.1, -0.05) is 32.0 Å². The van der Waals surface area contributed by atoms with Crippen molar-refractivity contribution in [2.45, 2.75) is 26.4 Å². The summed E-state index contributed by atoms with van der Waals surface area (Å²) in [7, 11) is 2.76. The van der Waals surface area contributed by atoms with E-state index in [2.05, 4.69) is 10.6 Å². The van der Waals surface area contributed by atoms with E-state index in [1.165, 1.54) is 26.4 Å². The summed E-state index contributed by atoms with van der Waals surface area (Å²) in [6.07, 6.45) is 0. The highest BCUT2D eigenvalue weighted by Crippen LogP contribution is 2.22. The smallest absolute Gasteiger partial charge is 0.341 e. The van der Waals surface area contributed by atoms with Crippen LogP contribution in [0, 0.1) is 11.7 Å². The molecule has 1 atom stereocenters. The maximum Gasteiger partial charge on any atom is 0.341 e. The minimum atomic E-state index is -0.515. The van der Waals surface area contributed by atoms with Crippen molar-refractivity contribution in [3.05, 3.63) is 65.0 Å². The third kappa shape index (κ3) is 5.45. The zero-order chi connectivity index (χ0) is 20.7. The fourth-order valence-electron chi connectivity index (χ4n) is 2.81. The standard InChI is InChI=1S/C21H25FN2O4/c1-13(2)19(15-6-8-16(22)9-7-15)24-21(26)23-12-14-5-10-18(27-3)17(11-14)20(25)28-4/h5-11,13,19H,12H2,1-4H3,(H2,23,24,26)/t19-/m0/s1. The number of nitrogens with one attached hydrogen (secondary N) is 2. The number of carbonyl (C=O) groups is 2. The van der Waals surface area contributed by atoms with Crippen LogP contribution < -0.4 is 15.4 Å². The summed E-state index contributed by atoms with van der Waals surface area (Å²) in [5.41, 5.74) is 1.83. The van der Waals surface area contributed by atoms with Crippen LogP contribution in [0.3, 0.4) is 0 Å². The lowest BCUT2D eigenvalue weighted by atomic mass is 9.96. The summed E-state index contributed by atoms with van der Waals surface area (Å²) >= 11 is 0. The van der Waals surface area contributed by atoms with E-state index in [1.54, 1.807) is 30.3 Å². The van der Waals surface area contributed by atoms with Crippen LogP contribution in [0.15, 0.2) is 42.5 Å². The van der Waals surface area contributed by atoms with Crippen LogP contribution in [0.2, 0.25) is 0 Å². The van der Waals surface area contributed by atoms with E-state index in [0.717, 1.165) is 11.1 Å². The van der Waals surface area contributed by atoms with Crippen LogP contribution in [0.1, 0.15) is 41.4 Å². The van der Waals surface area contributed by atoms with Gasteiger partial charge in [0.25, 0.3) is 0 Å². The van der Waals surface area contributed by atoms with E-state index >= 15 is 0 Å². The summed E-state index contributed by atoms with van der Waals surface area (Å²) in [6, 6.07) is 10.5. The molecule has 0 saturated heterocycles. The summed E-state index contributed by atoms with van der Waals surface area (Å²) in [6.45, 7) is 4.16. The van der Waals surface area contributed by atoms with Gasteiger partial charge in [0.1, 0.15) is 17.1 Å². The number of amides is 2. The molecule has 2 rings (SSSR count). The van der Waals surface area contributed by atoms with Crippen molar-refractivity contribution in [2.24, 2.45) is 5.92 Å². The molecule has 0 fully saturated rings. The Morgan fingerprint density at radius 3 is 2.32 bits per heavy atom. The number of benzene rings is 2. The van der Waals surface area contributed by atoms with Crippen molar-refractivity contribution in [1.82, 2.24) is 10.6 Å². The molecule has 0 saturated carbocycles. The second kappa shape index (κ2) is 9.73. The molecule has 6 nitrogen and oxygen atoms in total. The second-order valence-electron chi connectivity index (χ2n) is 6.63. The van der Waals surface area contributed by atoms with E-state index in [-0.39, 0.29) is 35.9 Å². The number of urea groups is 1. The molecule has 0 aromatic heterocycles. The van der Waals surface area contributed by atoms with Crippen LogP contribution >= 0.6 is 0 Å². The number of methoxy groups -OCH3 is 2. The maximum atomic E-state index is 13.1. The number of ether oxygens (including phenoxy) is 2. The quantitative estimate of drug-likeness (QED) is 0.707. The van der Waals surface area contributed by atoms with Crippen LogP contribution in [0.5, 0.6) is 5.75 Å². The Bertz CT molecular complexity index is 822. The van der Waals surface area contributed by atoms with Gasteiger partial charge < -0.3 is 20.1 Å². The molecule has 2 amide bonds. The van der Waals surface area contributed by atoms with Crippen molar-refractivity contribution in [2.75, 3.05) is 14.2 Å². The van der Waals surface area contributed by atoms with E-state index in [4.69, 9.17) is 9.47 Å². The van der Waals surface area contributed by atoms with Gasteiger partial charge in [-0.15, -0.1) is 0 Å². The molecule has 0 aliphatic heterocycles. The Morgan fingerprint density at radius 1 is 1.07 bits per heavy atom. The van der Waals surface area contributed by atoms with Gasteiger partial charge in [-0.05, 0) is 41.3 Å². The predicted molar refractivity (Wildman–Crippen MR) is 104 cm³/mol. The number of carbonyl (C=O) groups excluding carboxylic acids is 2. The number of hydrogen-bond acceptors (Lipinski definition) is 4. The summed E-state index contributed by atoms with van der Waals surface area (Å²) in [4.78, 5) is 24.2. The largest absolute Gasteiger partial charge is 0.496 e. The van der Waals surface area contributed by atoms with Gasteiger partial charge >= 0.3 is 12.0 Å². The monoisotopic (exact) mass is 388 g/mol. The van der Waals surface area contributed by atoms with Crippen molar-refractivity contribution < 1.29 is 23.5 Å². The molecule has 0 unspecified atom stereocenters. The van der Waals surface area contributed by atoms with E-state index in [1.807, 2.05) is 13.8 Å². The third-order valence-electron chi connectivity index (χ3n) is 4.30. The Hall–Kier alpha value is -3.09. The van der Waals surface area contributed by atoms with E-state index < -0.39 is 5.97 Å². The first-order valence-electron chi connectivity index (χ1n) is 8.90. The summed E-state index contributed by atoms with van der Waals surface area (Å²) < 4.78 is 23.1. The Labute approximate surface area is 164 Å². The number of halogens is 1. The van der Waals surface area contributed by atoms with Gasteiger partial charge in [-0.2, -0.15) is 0 Å². The average Bonchev–Trinajstić information content (AvgIpc) is 2.70. The molecule has 150 valence electrons. The minimum Gasteiger partial charge on any atom is -0.496 e. The normalized spacial score (nSPS) is 11.6. The first-order chi connectivity index (χ1) is 13.3. The Kier molecular flexibility index (Phi) is 7.37. The highest BCUT2D eigenvalue weighted by atomic mass is 19.1. The molecule has 0 radical (unpaired) electrons. The lowest BCUT2D eigenvalue weighted by Crippen LogP contribution is -2.39. The zero-order valence-electron chi connectivity index (χ0n) is 16.4.